The number of hydrogen-bond acceptors (Lipinski definition) is 8. The van der Waals surface area contributed by atoms with Crippen LogP contribution in [-0.2, 0) is 14.3 Å². The molecule has 0 bridgehead atoms. The first-order valence-electron chi connectivity index (χ1n) is 6.10. The Bertz CT molecular complexity index is 505. The van der Waals surface area contributed by atoms with Gasteiger partial charge in [-0.25, -0.2) is 4.99 Å². The van der Waals surface area contributed by atoms with Gasteiger partial charge in [0.15, 0.2) is 12.3 Å². The third-order valence-corrected chi connectivity index (χ3v) is 3.49. The summed E-state index contributed by atoms with van der Waals surface area (Å²) in [6.45, 7) is -0.284. The minimum atomic E-state index is -1.00. The van der Waals surface area contributed by atoms with Crippen LogP contribution in [0.4, 0.5) is 0 Å². The first-order valence-corrected chi connectivity index (χ1v) is 6.10. The van der Waals surface area contributed by atoms with Crippen LogP contribution in [0, 0.1) is 0 Å². The molecular formula is C11H14N4O5. The molecule has 2 N–H and O–H groups in total. The molecule has 1 saturated heterocycles. The predicted molar refractivity (Wildman–Crippen MR) is 67.6 cm³/mol. The number of ether oxygens (including phenoxy) is 2. The van der Waals surface area contributed by atoms with Crippen molar-refractivity contribution in [1.82, 2.24) is 4.90 Å². The van der Waals surface area contributed by atoms with Gasteiger partial charge in [0.1, 0.15) is 30.5 Å². The maximum absolute atomic E-state index is 11.6. The number of carbonyl (C=O) groups excluding carboxylic acids is 1. The van der Waals surface area contributed by atoms with Gasteiger partial charge in [-0.3, -0.25) is 14.7 Å². The molecule has 0 saturated carbocycles. The van der Waals surface area contributed by atoms with Crippen LogP contribution < -0.4 is 0 Å². The minimum Gasteiger partial charge on any atom is -0.394 e. The number of aliphatic hydroxyl groups excluding tert-OH is 2. The van der Waals surface area contributed by atoms with Gasteiger partial charge in [0, 0.05) is 7.11 Å². The van der Waals surface area contributed by atoms with Crippen molar-refractivity contribution in [3.8, 4) is 0 Å². The van der Waals surface area contributed by atoms with Crippen molar-refractivity contribution in [1.29, 1.82) is 0 Å². The van der Waals surface area contributed by atoms with Gasteiger partial charge in [-0.1, -0.05) is 0 Å². The van der Waals surface area contributed by atoms with Crippen LogP contribution in [0.1, 0.15) is 0 Å². The van der Waals surface area contributed by atoms with E-state index in [0.29, 0.717) is 5.84 Å². The number of hydrogen-bond donors (Lipinski definition) is 2. The van der Waals surface area contributed by atoms with Crippen molar-refractivity contribution >= 4 is 24.4 Å². The van der Waals surface area contributed by atoms with E-state index in [1.807, 2.05) is 0 Å². The highest BCUT2D eigenvalue weighted by Crippen LogP contribution is 2.28. The number of aliphatic imine (C=N–C) groups is 3. The second-order valence-electron chi connectivity index (χ2n) is 4.58. The molecule has 0 aromatic carbocycles. The molecule has 9 heteroatoms. The molecule has 1 fully saturated rings. The molecular weight excluding hydrogens is 268 g/mol. The molecule has 0 aromatic rings. The zero-order chi connectivity index (χ0) is 14.3. The molecule has 3 heterocycles. The third-order valence-electron chi connectivity index (χ3n) is 3.49. The second-order valence-corrected chi connectivity index (χ2v) is 4.58. The number of rotatable bonds is 3. The Kier molecular flexibility index (Phi) is 3.34. The molecule has 108 valence electrons. The lowest BCUT2D eigenvalue weighted by atomic mass is 10.1. The van der Waals surface area contributed by atoms with Gasteiger partial charge in [0.2, 0.25) is 0 Å². The molecule has 0 aromatic heterocycles. The van der Waals surface area contributed by atoms with Crippen LogP contribution in [0.5, 0.6) is 0 Å². The zero-order valence-electron chi connectivity index (χ0n) is 10.7. The molecule has 0 radical (unpaired) electrons. The summed E-state index contributed by atoms with van der Waals surface area (Å²) in [5, 5.41) is 19.5. The van der Waals surface area contributed by atoms with Gasteiger partial charge in [-0.2, -0.15) is 4.99 Å². The monoisotopic (exact) mass is 282 g/mol. The Labute approximate surface area is 114 Å². The van der Waals surface area contributed by atoms with E-state index in [0.717, 1.165) is 6.34 Å². The molecule has 5 atom stereocenters. The highest BCUT2D eigenvalue weighted by molar-refractivity contribution is 6.19. The van der Waals surface area contributed by atoms with Crippen LogP contribution in [0.3, 0.4) is 0 Å². The fourth-order valence-corrected chi connectivity index (χ4v) is 2.52. The van der Waals surface area contributed by atoms with Gasteiger partial charge in [-0.15, -0.1) is 0 Å². The number of nitrogens with zero attached hydrogens (tertiary/aromatic N) is 4. The zero-order valence-corrected chi connectivity index (χ0v) is 10.7. The van der Waals surface area contributed by atoms with Crippen molar-refractivity contribution in [2.24, 2.45) is 15.0 Å². The maximum atomic E-state index is 11.6. The molecule has 9 nitrogen and oxygen atoms in total. The minimum absolute atomic E-state index is 0.284. The van der Waals surface area contributed by atoms with E-state index < -0.39 is 36.5 Å². The Morgan fingerprint density at radius 1 is 1.55 bits per heavy atom. The molecule has 3 aliphatic rings. The number of amidine groups is 1. The van der Waals surface area contributed by atoms with E-state index in [2.05, 4.69) is 15.0 Å². The lowest BCUT2D eigenvalue weighted by molar-refractivity contribution is -0.117. The van der Waals surface area contributed by atoms with Crippen LogP contribution in [0.15, 0.2) is 15.0 Å². The fourth-order valence-electron chi connectivity index (χ4n) is 2.52. The highest BCUT2D eigenvalue weighted by atomic mass is 16.6. The Morgan fingerprint density at radius 3 is 3.00 bits per heavy atom. The molecule has 3 rings (SSSR count). The fraction of sp³-hybridized carbons (Fsp3) is 0.636. The molecule has 5 unspecified atom stereocenters. The van der Waals surface area contributed by atoms with Crippen molar-refractivity contribution in [3.63, 3.8) is 0 Å². The molecule has 1 amide bonds. The summed E-state index contributed by atoms with van der Waals surface area (Å²) in [6.07, 6.45) is -0.597. The summed E-state index contributed by atoms with van der Waals surface area (Å²) in [5.41, 5.74) is 0. The lowest BCUT2D eigenvalue weighted by Crippen LogP contribution is -2.48. The van der Waals surface area contributed by atoms with E-state index in [-0.39, 0.29) is 6.61 Å². The van der Waals surface area contributed by atoms with E-state index >= 15 is 0 Å². The SMILES string of the molecule is COC1C(CO)OC(N2C=NC3C(=O)N=CN=C32)C1O. The molecule has 0 aliphatic carbocycles. The van der Waals surface area contributed by atoms with Gasteiger partial charge < -0.3 is 19.7 Å². The Balaban J connectivity index is 1.84. The largest absolute Gasteiger partial charge is 0.394 e. The Morgan fingerprint density at radius 2 is 2.35 bits per heavy atom. The number of aliphatic hydroxyl groups is 2. The average molecular weight is 282 g/mol. The van der Waals surface area contributed by atoms with E-state index in [1.165, 1.54) is 18.3 Å². The Hall–Kier alpha value is -1.68. The van der Waals surface area contributed by atoms with Gasteiger partial charge in [0.05, 0.1) is 12.9 Å². The summed E-state index contributed by atoms with van der Waals surface area (Å²) in [4.78, 5) is 24.6. The quantitative estimate of drug-likeness (QED) is 0.604. The number of carbonyl (C=O) groups is 1. The molecule has 20 heavy (non-hydrogen) atoms. The summed E-state index contributed by atoms with van der Waals surface area (Å²) in [6, 6.07) is -0.787. The highest BCUT2D eigenvalue weighted by Gasteiger charge is 2.49. The van der Waals surface area contributed by atoms with Gasteiger partial charge in [0.25, 0.3) is 5.91 Å². The third kappa shape index (κ3) is 1.86. The van der Waals surface area contributed by atoms with Gasteiger partial charge >= 0.3 is 0 Å². The maximum Gasteiger partial charge on any atom is 0.279 e. The number of methoxy groups -OCH3 is 1. The van der Waals surface area contributed by atoms with Crippen LogP contribution in [0.25, 0.3) is 0 Å². The first kappa shape index (κ1) is 13.3. The van der Waals surface area contributed by atoms with Crippen molar-refractivity contribution < 1.29 is 24.5 Å². The summed E-state index contributed by atoms with van der Waals surface area (Å²) in [5.74, 6) is -0.0641. The van der Waals surface area contributed by atoms with Crippen LogP contribution >= 0.6 is 0 Å². The predicted octanol–water partition coefficient (Wildman–Crippen LogP) is -2.24. The molecule has 3 aliphatic heterocycles. The summed E-state index contributed by atoms with van der Waals surface area (Å²) in [7, 11) is 1.43. The van der Waals surface area contributed by atoms with Crippen LogP contribution in [0.2, 0.25) is 0 Å². The summed E-state index contributed by atoms with van der Waals surface area (Å²) >= 11 is 0. The van der Waals surface area contributed by atoms with E-state index in [4.69, 9.17) is 9.47 Å². The first-order chi connectivity index (χ1) is 9.67. The average Bonchev–Trinajstić information content (AvgIpc) is 3.00. The van der Waals surface area contributed by atoms with Crippen molar-refractivity contribution in [3.05, 3.63) is 0 Å². The van der Waals surface area contributed by atoms with Crippen molar-refractivity contribution in [2.75, 3.05) is 13.7 Å². The van der Waals surface area contributed by atoms with Gasteiger partial charge in [-0.05, 0) is 0 Å². The number of amides is 1. The number of fused-ring (bicyclic) bond motifs is 1. The van der Waals surface area contributed by atoms with Crippen LogP contribution in [-0.4, -0.2) is 83.8 Å². The topological polar surface area (TPSA) is 116 Å². The molecule has 0 spiro atoms. The lowest BCUT2D eigenvalue weighted by Gasteiger charge is -2.27. The second kappa shape index (κ2) is 5.02. The smallest absolute Gasteiger partial charge is 0.279 e. The van der Waals surface area contributed by atoms with Crippen molar-refractivity contribution in [2.45, 2.75) is 30.6 Å². The summed E-state index contributed by atoms with van der Waals surface area (Å²) < 4.78 is 10.7. The standard InChI is InChI=1S/C11H14N4O5/c1-19-8-5(2-16)20-11(7(8)17)15-4-14-6-9(15)12-3-13-10(6)18/h3-8,11,16-17H,2H2,1H3. The normalized spacial score (nSPS) is 39.4. The van der Waals surface area contributed by atoms with E-state index in [9.17, 15) is 15.0 Å². The van der Waals surface area contributed by atoms with E-state index in [1.54, 1.807) is 0 Å².